The van der Waals surface area contributed by atoms with E-state index in [1.807, 2.05) is 33.8 Å². The summed E-state index contributed by atoms with van der Waals surface area (Å²) in [7, 11) is 1.60. The molecule has 4 rings (SSSR count). The van der Waals surface area contributed by atoms with Crippen LogP contribution in [0, 0.1) is 13.8 Å². The van der Waals surface area contributed by atoms with Gasteiger partial charge in [-0.25, -0.2) is 0 Å². The first-order valence-electron chi connectivity index (χ1n) is 10.8. The number of benzene rings is 1. The Morgan fingerprint density at radius 2 is 1.77 bits per heavy atom. The van der Waals surface area contributed by atoms with E-state index in [4.69, 9.17) is 16.3 Å². The smallest absolute Gasteiger partial charge is 0.496 e. The SMILES string of the molecule is CCC1=C(C)C2=C(c3cc(Cl)ccc3OC)c3c(C)c(CC)c(C)n3[B-](F)(F)[N+]2=C1C. The molecule has 0 unspecified atom stereocenters. The van der Waals surface area contributed by atoms with E-state index >= 15 is 8.63 Å². The summed E-state index contributed by atoms with van der Waals surface area (Å²) in [6.45, 7) is 7.48. The zero-order valence-corrected chi connectivity index (χ0v) is 19.9. The molecule has 0 bridgehead atoms. The van der Waals surface area contributed by atoms with E-state index in [1.54, 1.807) is 33.1 Å². The second kappa shape index (κ2) is 7.37. The van der Waals surface area contributed by atoms with Crippen molar-refractivity contribution in [1.29, 1.82) is 0 Å². The van der Waals surface area contributed by atoms with Gasteiger partial charge in [0.15, 0.2) is 5.70 Å². The Labute approximate surface area is 187 Å². The van der Waals surface area contributed by atoms with Gasteiger partial charge in [0.2, 0.25) is 0 Å². The maximum Gasteiger partial charge on any atom is 0.737 e. The molecule has 7 heteroatoms. The van der Waals surface area contributed by atoms with Crippen molar-refractivity contribution in [3.8, 4) is 5.75 Å². The molecule has 3 heterocycles. The van der Waals surface area contributed by atoms with Crippen LogP contribution < -0.4 is 4.74 Å². The largest absolute Gasteiger partial charge is 0.737 e. The van der Waals surface area contributed by atoms with E-state index < -0.39 is 6.97 Å². The number of fused-ring (bicyclic) bond motifs is 2. The number of hydrogen-bond acceptors (Lipinski definition) is 1. The summed E-state index contributed by atoms with van der Waals surface area (Å²) in [6, 6.07) is 5.38. The first kappa shape index (κ1) is 21.9. The number of ether oxygens (including phenoxy) is 1. The Hall–Kier alpha value is -2.34. The van der Waals surface area contributed by atoms with Gasteiger partial charge in [-0.3, -0.25) is 0 Å². The molecule has 1 aromatic heterocycles. The van der Waals surface area contributed by atoms with Gasteiger partial charge in [0.05, 0.1) is 12.7 Å². The zero-order valence-electron chi connectivity index (χ0n) is 19.2. The highest BCUT2D eigenvalue weighted by Crippen LogP contribution is 2.48. The molecule has 164 valence electrons. The molecule has 31 heavy (non-hydrogen) atoms. The second-order valence-electron chi connectivity index (χ2n) is 8.33. The van der Waals surface area contributed by atoms with Crippen molar-refractivity contribution in [3.63, 3.8) is 0 Å². The fourth-order valence-electron chi connectivity index (χ4n) is 5.61. The van der Waals surface area contributed by atoms with Crippen molar-refractivity contribution in [1.82, 2.24) is 4.48 Å². The van der Waals surface area contributed by atoms with E-state index in [0.717, 1.165) is 33.4 Å². The predicted octanol–water partition coefficient (Wildman–Crippen LogP) is 6.54. The van der Waals surface area contributed by atoms with Crippen LogP contribution in [0.5, 0.6) is 5.75 Å². The summed E-state index contributed by atoms with van der Waals surface area (Å²) in [6.07, 6.45) is 1.38. The number of rotatable bonds is 4. The van der Waals surface area contributed by atoms with Crippen LogP contribution in [0.15, 0.2) is 35.0 Å². The third-order valence-electron chi connectivity index (χ3n) is 6.93. The van der Waals surface area contributed by atoms with Gasteiger partial charge in [-0.05, 0) is 68.6 Å². The molecule has 0 saturated carbocycles. The molecule has 0 amide bonds. The van der Waals surface area contributed by atoms with Gasteiger partial charge in [-0.1, -0.05) is 25.4 Å². The van der Waals surface area contributed by atoms with E-state index in [0.29, 0.717) is 46.4 Å². The Balaban J connectivity index is 2.27. The molecule has 3 nitrogen and oxygen atoms in total. The lowest BCUT2D eigenvalue weighted by molar-refractivity contribution is -0.363. The van der Waals surface area contributed by atoms with Crippen molar-refractivity contribution < 1.29 is 17.9 Å². The third-order valence-corrected chi connectivity index (χ3v) is 7.16. The zero-order chi connectivity index (χ0) is 22.8. The molecule has 2 aromatic rings. The summed E-state index contributed by atoms with van der Waals surface area (Å²) >= 11 is 6.38. The van der Waals surface area contributed by atoms with Crippen LogP contribution in [0.1, 0.15) is 62.2 Å². The maximum absolute atomic E-state index is 16.2. The molecule has 0 fully saturated rings. The predicted molar refractivity (Wildman–Crippen MR) is 125 cm³/mol. The van der Waals surface area contributed by atoms with Crippen molar-refractivity contribution in [3.05, 3.63) is 68.1 Å². The Bertz CT molecular complexity index is 1220. The number of allylic oxidation sites excluding steroid dienone is 2. The lowest BCUT2D eigenvalue weighted by Crippen LogP contribution is -2.51. The molecule has 0 spiro atoms. The highest BCUT2D eigenvalue weighted by molar-refractivity contribution is 6.58. The van der Waals surface area contributed by atoms with Crippen LogP contribution in [0.25, 0.3) is 5.57 Å². The number of nitrogens with zero attached hydrogens (tertiary/aromatic N) is 2. The van der Waals surface area contributed by atoms with E-state index in [2.05, 4.69) is 0 Å². The average molecular weight is 445 g/mol. The second-order valence-corrected chi connectivity index (χ2v) is 8.77. The fourth-order valence-corrected chi connectivity index (χ4v) is 5.78. The fraction of sp³-hybridized carbons (Fsp3) is 0.375. The van der Waals surface area contributed by atoms with E-state index in [9.17, 15) is 0 Å². The summed E-state index contributed by atoms with van der Waals surface area (Å²) in [4.78, 5) is 0. The Morgan fingerprint density at radius 1 is 1.10 bits per heavy atom. The molecule has 0 aliphatic carbocycles. The Morgan fingerprint density at radius 3 is 2.35 bits per heavy atom. The Kier molecular flexibility index (Phi) is 5.20. The minimum atomic E-state index is -4.04. The van der Waals surface area contributed by atoms with Crippen LogP contribution in [0.2, 0.25) is 5.02 Å². The normalized spacial score (nSPS) is 17.5. The quantitative estimate of drug-likeness (QED) is 0.489. The molecular formula is C24H28BClF2N2O. The number of aromatic nitrogens is 1. The lowest BCUT2D eigenvalue weighted by atomic mass is 9.83. The van der Waals surface area contributed by atoms with Crippen LogP contribution in [-0.2, 0) is 6.42 Å². The monoisotopic (exact) mass is 444 g/mol. The van der Waals surface area contributed by atoms with Crippen molar-refractivity contribution >= 4 is 29.9 Å². The van der Waals surface area contributed by atoms with Gasteiger partial charge in [0.25, 0.3) is 0 Å². The summed E-state index contributed by atoms with van der Waals surface area (Å²) in [5.74, 6) is 0.614. The average Bonchev–Trinajstić information content (AvgIpc) is 3.13. The molecule has 0 saturated heterocycles. The van der Waals surface area contributed by atoms with Crippen LogP contribution in [0.3, 0.4) is 0 Å². The number of methoxy groups -OCH3 is 1. The minimum Gasteiger partial charge on any atom is -0.496 e. The minimum absolute atomic E-state index is 0.539. The van der Waals surface area contributed by atoms with E-state index in [-0.39, 0.29) is 0 Å². The van der Waals surface area contributed by atoms with Crippen molar-refractivity contribution in [2.24, 2.45) is 0 Å². The van der Waals surface area contributed by atoms with Gasteiger partial charge in [-0.2, -0.15) is 0 Å². The van der Waals surface area contributed by atoms with Crippen LogP contribution >= 0.6 is 11.6 Å². The van der Waals surface area contributed by atoms with Crippen LogP contribution in [0.4, 0.5) is 8.63 Å². The first-order valence-corrected chi connectivity index (χ1v) is 11.1. The van der Waals surface area contributed by atoms with Gasteiger partial charge < -0.3 is 22.3 Å². The molecule has 0 atom stereocenters. The molecule has 2 aliphatic rings. The maximum atomic E-state index is 16.2. The first-order chi connectivity index (χ1) is 14.6. The van der Waals surface area contributed by atoms with Crippen molar-refractivity contribution in [2.75, 3.05) is 7.11 Å². The molecule has 1 aromatic carbocycles. The van der Waals surface area contributed by atoms with E-state index in [1.165, 1.54) is 8.96 Å². The van der Waals surface area contributed by atoms with Crippen molar-refractivity contribution in [2.45, 2.75) is 54.4 Å². The summed E-state index contributed by atoms with van der Waals surface area (Å²) in [5, 5.41) is 0.539. The summed E-state index contributed by atoms with van der Waals surface area (Å²) in [5.41, 5.74) is 7.57. The van der Waals surface area contributed by atoms with Gasteiger partial charge in [0.1, 0.15) is 11.5 Å². The highest BCUT2D eigenvalue weighted by Gasteiger charge is 2.57. The topological polar surface area (TPSA) is 17.2 Å². The highest BCUT2D eigenvalue weighted by atomic mass is 35.5. The molecular weight excluding hydrogens is 417 g/mol. The van der Waals surface area contributed by atoms with Crippen LogP contribution in [-0.4, -0.2) is 28.8 Å². The lowest BCUT2D eigenvalue weighted by Gasteiger charge is -2.34. The summed E-state index contributed by atoms with van der Waals surface area (Å²) < 4.78 is 40.7. The third kappa shape index (κ3) is 2.80. The van der Waals surface area contributed by atoms with Gasteiger partial charge >= 0.3 is 6.97 Å². The number of hydrogen-bond donors (Lipinski definition) is 0. The molecule has 0 N–H and O–H groups in total. The van der Waals surface area contributed by atoms with Gasteiger partial charge in [0, 0.05) is 34.3 Å². The molecule has 2 aliphatic heterocycles. The van der Waals surface area contributed by atoms with Gasteiger partial charge in [-0.15, -0.1) is 0 Å². The molecule has 0 radical (unpaired) electrons. The standard InChI is InChI=1S/C24H28BClF2N2O/c1-8-18-13(3)23-22(20-12-17(26)10-11-21(20)31-7)24-14(4)19(9-2)16(6)30(24)25(27,28)29(23)15(18)5/h10-12H,8-9H2,1-7H3. The number of halogens is 3.